The molecule has 2 aromatic carbocycles. The smallest absolute Gasteiger partial charge is 0.145 e. The van der Waals surface area contributed by atoms with Crippen LogP contribution in [-0.2, 0) is 17.8 Å². The van der Waals surface area contributed by atoms with Crippen molar-refractivity contribution in [2.75, 3.05) is 6.54 Å². The van der Waals surface area contributed by atoms with Crippen LogP contribution in [0.1, 0.15) is 28.2 Å². The van der Waals surface area contributed by atoms with Crippen LogP contribution in [0.2, 0.25) is 0 Å². The van der Waals surface area contributed by atoms with E-state index in [0.29, 0.717) is 12.2 Å². The van der Waals surface area contributed by atoms with Crippen LogP contribution in [0.15, 0.2) is 48.5 Å². The maximum absolute atomic E-state index is 12.6. The van der Waals surface area contributed by atoms with Gasteiger partial charge in [0.05, 0.1) is 5.92 Å². The fourth-order valence-corrected chi connectivity index (χ4v) is 2.93. The van der Waals surface area contributed by atoms with Gasteiger partial charge in [0.15, 0.2) is 0 Å². The van der Waals surface area contributed by atoms with Gasteiger partial charge in [-0.05, 0) is 23.6 Å². The Morgan fingerprint density at radius 3 is 2.90 bits per heavy atom. The summed E-state index contributed by atoms with van der Waals surface area (Å²) in [5.41, 5.74) is 4.76. The molecule has 102 valence electrons. The molecule has 2 heteroatoms. The van der Waals surface area contributed by atoms with Gasteiger partial charge < -0.3 is 5.32 Å². The van der Waals surface area contributed by atoms with E-state index in [1.807, 2.05) is 24.3 Å². The second-order valence-electron chi connectivity index (χ2n) is 5.51. The zero-order valence-corrected chi connectivity index (χ0v) is 11.7. The Balaban J connectivity index is 1.82. The zero-order chi connectivity index (χ0) is 13.9. The van der Waals surface area contributed by atoms with Gasteiger partial charge in [0, 0.05) is 19.5 Å². The highest BCUT2D eigenvalue weighted by atomic mass is 16.1. The predicted octanol–water partition coefficient (Wildman–Crippen LogP) is 2.99. The molecule has 0 bridgehead atoms. The SMILES string of the molecule is Cc1cccc(CC(=O)C2CNCc3ccccc32)c1. The summed E-state index contributed by atoms with van der Waals surface area (Å²) in [6.07, 6.45) is 0.516. The number of carbonyl (C=O) groups is 1. The number of Topliss-reactive ketones (excluding diaryl/α,β-unsaturated/α-hetero) is 1. The number of benzene rings is 2. The van der Waals surface area contributed by atoms with E-state index in [2.05, 4.69) is 36.5 Å². The average Bonchev–Trinajstić information content (AvgIpc) is 2.46. The van der Waals surface area contributed by atoms with E-state index in [4.69, 9.17) is 0 Å². The van der Waals surface area contributed by atoms with Gasteiger partial charge in [-0.25, -0.2) is 0 Å². The second-order valence-corrected chi connectivity index (χ2v) is 5.51. The van der Waals surface area contributed by atoms with Crippen molar-refractivity contribution in [3.63, 3.8) is 0 Å². The lowest BCUT2D eigenvalue weighted by Gasteiger charge is -2.25. The van der Waals surface area contributed by atoms with Crippen LogP contribution >= 0.6 is 0 Å². The first kappa shape index (κ1) is 13.1. The van der Waals surface area contributed by atoms with Gasteiger partial charge in [0.2, 0.25) is 0 Å². The summed E-state index contributed by atoms with van der Waals surface area (Å²) in [6.45, 7) is 3.68. The van der Waals surface area contributed by atoms with Crippen molar-refractivity contribution in [2.45, 2.75) is 25.8 Å². The summed E-state index contributed by atoms with van der Waals surface area (Å²) in [7, 11) is 0. The number of hydrogen-bond acceptors (Lipinski definition) is 2. The molecular formula is C18H19NO. The van der Waals surface area contributed by atoms with Gasteiger partial charge in [-0.1, -0.05) is 54.1 Å². The highest BCUT2D eigenvalue weighted by Crippen LogP contribution is 2.25. The molecule has 3 rings (SSSR count). The lowest BCUT2D eigenvalue weighted by molar-refractivity contribution is -0.119. The Kier molecular flexibility index (Phi) is 3.66. The van der Waals surface area contributed by atoms with Crippen molar-refractivity contribution in [2.24, 2.45) is 0 Å². The number of nitrogens with one attached hydrogen (secondary N) is 1. The summed E-state index contributed by atoms with van der Waals surface area (Å²) >= 11 is 0. The maximum atomic E-state index is 12.6. The molecule has 1 aliphatic rings. The van der Waals surface area contributed by atoms with E-state index >= 15 is 0 Å². The van der Waals surface area contributed by atoms with E-state index in [1.165, 1.54) is 16.7 Å². The quantitative estimate of drug-likeness (QED) is 0.924. The van der Waals surface area contributed by atoms with Gasteiger partial charge in [-0.15, -0.1) is 0 Å². The molecule has 0 saturated heterocycles. The Bertz CT molecular complexity index is 633. The Morgan fingerprint density at radius 1 is 1.20 bits per heavy atom. The topological polar surface area (TPSA) is 29.1 Å². The third kappa shape index (κ3) is 2.66. The van der Waals surface area contributed by atoms with Crippen molar-refractivity contribution < 1.29 is 4.79 Å². The van der Waals surface area contributed by atoms with Gasteiger partial charge >= 0.3 is 0 Å². The molecule has 0 amide bonds. The first-order valence-electron chi connectivity index (χ1n) is 7.11. The van der Waals surface area contributed by atoms with Gasteiger partial charge in [0.1, 0.15) is 5.78 Å². The van der Waals surface area contributed by atoms with E-state index in [1.54, 1.807) is 0 Å². The molecule has 1 atom stereocenters. The maximum Gasteiger partial charge on any atom is 0.145 e. The van der Waals surface area contributed by atoms with Crippen LogP contribution < -0.4 is 5.32 Å². The molecule has 1 aliphatic heterocycles. The number of rotatable bonds is 3. The van der Waals surface area contributed by atoms with Crippen LogP contribution in [0.5, 0.6) is 0 Å². The monoisotopic (exact) mass is 265 g/mol. The molecule has 2 nitrogen and oxygen atoms in total. The van der Waals surface area contributed by atoms with Crippen molar-refractivity contribution in [1.29, 1.82) is 0 Å². The lowest BCUT2D eigenvalue weighted by Crippen LogP contribution is -2.33. The summed E-state index contributed by atoms with van der Waals surface area (Å²) in [6, 6.07) is 16.5. The third-order valence-electron chi connectivity index (χ3n) is 3.94. The highest BCUT2D eigenvalue weighted by molar-refractivity contribution is 5.88. The van der Waals surface area contributed by atoms with Crippen LogP contribution in [0, 0.1) is 6.92 Å². The Morgan fingerprint density at radius 2 is 2.05 bits per heavy atom. The molecule has 0 aromatic heterocycles. The molecule has 0 radical (unpaired) electrons. The number of carbonyl (C=O) groups excluding carboxylic acids is 1. The first-order valence-corrected chi connectivity index (χ1v) is 7.11. The number of fused-ring (bicyclic) bond motifs is 1. The molecule has 0 saturated carbocycles. The number of ketones is 1. The van der Waals surface area contributed by atoms with Crippen LogP contribution in [0.3, 0.4) is 0 Å². The number of aryl methyl sites for hydroxylation is 1. The fraction of sp³-hybridized carbons (Fsp3) is 0.278. The fourth-order valence-electron chi connectivity index (χ4n) is 2.93. The standard InChI is InChI=1S/C18H19NO/c1-13-5-4-6-14(9-13)10-18(20)17-12-19-11-15-7-2-3-8-16(15)17/h2-9,17,19H,10-12H2,1H3. The molecule has 2 aromatic rings. The van der Waals surface area contributed by atoms with Gasteiger partial charge in [-0.3, -0.25) is 4.79 Å². The molecule has 0 spiro atoms. The largest absolute Gasteiger partial charge is 0.312 e. The van der Waals surface area contributed by atoms with Crippen molar-refractivity contribution >= 4 is 5.78 Å². The van der Waals surface area contributed by atoms with Crippen molar-refractivity contribution in [3.05, 3.63) is 70.8 Å². The van der Waals surface area contributed by atoms with Gasteiger partial charge in [-0.2, -0.15) is 0 Å². The average molecular weight is 265 g/mol. The minimum atomic E-state index is -0.0135. The first-order chi connectivity index (χ1) is 9.74. The van der Waals surface area contributed by atoms with Crippen LogP contribution in [0.4, 0.5) is 0 Å². The normalized spacial score (nSPS) is 17.6. The molecule has 1 unspecified atom stereocenters. The molecule has 1 N–H and O–H groups in total. The summed E-state index contributed by atoms with van der Waals surface area (Å²) in [5.74, 6) is 0.288. The van der Waals surface area contributed by atoms with Crippen LogP contribution in [-0.4, -0.2) is 12.3 Å². The summed E-state index contributed by atoms with van der Waals surface area (Å²) in [5, 5.41) is 3.35. The van der Waals surface area contributed by atoms with Crippen molar-refractivity contribution in [1.82, 2.24) is 5.32 Å². The van der Waals surface area contributed by atoms with E-state index in [9.17, 15) is 4.79 Å². The minimum Gasteiger partial charge on any atom is -0.312 e. The predicted molar refractivity (Wildman–Crippen MR) is 80.8 cm³/mol. The molecular weight excluding hydrogens is 246 g/mol. The Hall–Kier alpha value is -1.93. The third-order valence-corrected chi connectivity index (χ3v) is 3.94. The highest BCUT2D eigenvalue weighted by Gasteiger charge is 2.25. The molecule has 0 fully saturated rings. The molecule has 1 heterocycles. The summed E-state index contributed by atoms with van der Waals surface area (Å²) in [4.78, 5) is 12.6. The zero-order valence-electron chi connectivity index (χ0n) is 11.7. The molecule has 0 aliphatic carbocycles. The molecule has 20 heavy (non-hydrogen) atoms. The van der Waals surface area contributed by atoms with E-state index in [0.717, 1.165) is 18.7 Å². The van der Waals surface area contributed by atoms with E-state index < -0.39 is 0 Å². The van der Waals surface area contributed by atoms with Crippen LogP contribution in [0.25, 0.3) is 0 Å². The lowest BCUT2D eigenvalue weighted by atomic mass is 9.85. The van der Waals surface area contributed by atoms with Crippen molar-refractivity contribution in [3.8, 4) is 0 Å². The Labute approximate surface area is 119 Å². The van der Waals surface area contributed by atoms with E-state index in [-0.39, 0.29) is 5.92 Å². The van der Waals surface area contributed by atoms with Gasteiger partial charge in [0.25, 0.3) is 0 Å². The minimum absolute atomic E-state index is 0.0135. The second kappa shape index (κ2) is 5.59. The summed E-state index contributed by atoms with van der Waals surface area (Å²) < 4.78 is 0. The number of hydrogen-bond donors (Lipinski definition) is 1.